The van der Waals surface area contributed by atoms with Gasteiger partial charge in [0.05, 0.1) is 16.5 Å². The Labute approximate surface area is 138 Å². The lowest BCUT2D eigenvalue weighted by atomic mass is 10.0. The molecule has 3 aromatic rings. The number of fused-ring (bicyclic) bond motifs is 2. The van der Waals surface area contributed by atoms with Crippen molar-refractivity contribution in [3.8, 4) is 0 Å². The van der Waals surface area contributed by atoms with Gasteiger partial charge in [-0.05, 0) is 37.3 Å². The number of aromatic nitrogens is 2. The normalized spacial score (nSPS) is 14.9. The number of carbonyl (C=O) groups is 1. The fourth-order valence-electron chi connectivity index (χ4n) is 2.94. The Hall–Kier alpha value is -3.21. The van der Waals surface area contributed by atoms with E-state index in [0.29, 0.717) is 22.3 Å². The molecule has 1 N–H and O–H groups in total. The molecule has 1 aliphatic rings. The van der Waals surface area contributed by atoms with E-state index in [2.05, 4.69) is 10.3 Å². The number of hydrogen-bond acceptors (Lipinski definition) is 3. The Bertz CT molecular complexity index is 1090. The number of carbonyl (C=O) groups excluding carboxylic acids is 1. The summed E-state index contributed by atoms with van der Waals surface area (Å²) in [7, 11) is 1.66. The molecule has 0 saturated carbocycles. The average Bonchev–Trinajstić information content (AvgIpc) is 2.88. The first-order valence-corrected chi connectivity index (χ1v) is 7.64. The van der Waals surface area contributed by atoms with Crippen LogP contribution >= 0.6 is 0 Å². The van der Waals surface area contributed by atoms with E-state index in [4.69, 9.17) is 0 Å². The van der Waals surface area contributed by atoms with Crippen LogP contribution in [0, 0.1) is 6.92 Å². The summed E-state index contributed by atoms with van der Waals surface area (Å²) in [6, 6.07) is 13.0. The van der Waals surface area contributed by atoms with Gasteiger partial charge in [0.15, 0.2) is 0 Å². The number of para-hydroxylation sites is 1. The molecule has 1 aliphatic heterocycles. The van der Waals surface area contributed by atoms with Crippen LogP contribution in [0.5, 0.6) is 0 Å². The molecule has 0 radical (unpaired) electrons. The Morgan fingerprint density at radius 3 is 2.75 bits per heavy atom. The molecule has 0 aliphatic carbocycles. The Kier molecular flexibility index (Phi) is 3.09. The average molecular weight is 317 g/mol. The number of amides is 1. The van der Waals surface area contributed by atoms with E-state index >= 15 is 0 Å². The summed E-state index contributed by atoms with van der Waals surface area (Å²) >= 11 is 0. The molecule has 1 aromatic heterocycles. The minimum atomic E-state index is -0.182. The van der Waals surface area contributed by atoms with Crippen molar-refractivity contribution in [3.63, 3.8) is 0 Å². The van der Waals surface area contributed by atoms with Crippen LogP contribution in [-0.4, -0.2) is 15.5 Å². The maximum Gasteiger partial charge on any atom is 0.261 e. The van der Waals surface area contributed by atoms with E-state index in [1.807, 2.05) is 37.3 Å². The summed E-state index contributed by atoms with van der Waals surface area (Å²) in [5, 5.41) is 3.41. The highest BCUT2D eigenvalue weighted by atomic mass is 16.2. The van der Waals surface area contributed by atoms with Crippen molar-refractivity contribution in [1.29, 1.82) is 0 Å². The van der Waals surface area contributed by atoms with Crippen LogP contribution in [0.4, 0.5) is 5.69 Å². The molecule has 0 bridgehead atoms. The molecule has 0 unspecified atom stereocenters. The highest BCUT2D eigenvalue weighted by molar-refractivity contribution is 6.34. The van der Waals surface area contributed by atoms with Crippen molar-refractivity contribution in [1.82, 2.24) is 9.55 Å². The van der Waals surface area contributed by atoms with Gasteiger partial charge in [0.2, 0.25) is 0 Å². The van der Waals surface area contributed by atoms with Gasteiger partial charge in [-0.25, -0.2) is 4.98 Å². The second-order valence-corrected chi connectivity index (χ2v) is 5.91. The summed E-state index contributed by atoms with van der Waals surface area (Å²) in [6.45, 7) is 1.98. The first-order valence-electron chi connectivity index (χ1n) is 7.64. The standard InChI is InChI=1S/C19H15N3O2/c1-11-7-8-16-13(9-11)14(18(23)21-16)10-17-20-15-6-4-3-5-12(15)19(24)22(17)2/h3-10H,1-2H3,(H,21,23)/b14-10-. The van der Waals surface area contributed by atoms with Crippen molar-refractivity contribution in [2.45, 2.75) is 6.92 Å². The van der Waals surface area contributed by atoms with Gasteiger partial charge >= 0.3 is 0 Å². The lowest BCUT2D eigenvalue weighted by Crippen LogP contribution is -2.20. The maximum atomic E-state index is 12.5. The van der Waals surface area contributed by atoms with Crippen molar-refractivity contribution in [2.24, 2.45) is 7.05 Å². The van der Waals surface area contributed by atoms with Gasteiger partial charge in [-0.1, -0.05) is 23.8 Å². The lowest BCUT2D eigenvalue weighted by molar-refractivity contribution is -0.110. The van der Waals surface area contributed by atoms with Gasteiger partial charge in [0.1, 0.15) is 5.82 Å². The molecule has 24 heavy (non-hydrogen) atoms. The largest absolute Gasteiger partial charge is 0.321 e. The number of nitrogens with one attached hydrogen (secondary N) is 1. The van der Waals surface area contributed by atoms with Crippen molar-refractivity contribution in [3.05, 3.63) is 69.8 Å². The summed E-state index contributed by atoms with van der Waals surface area (Å²) in [5.41, 5.74) is 3.69. The summed E-state index contributed by atoms with van der Waals surface area (Å²) in [6.07, 6.45) is 1.68. The van der Waals surface area contributed by atoms with Crippen LogP contribution in [0.1, 0.15) is 17.0 Å². The van der Waals surface area contributed by atoms with Crippen LogP contribution in [0.15, 0.2) is 47.3 Å². The molecular weight excluding hydrogens is 302 g/mol. The molecule has 2 heterocycles. The third kappa shape index (κ3) is 2.13. The minimum absolute atomic E-state index is 0.129. The number of aryl methyl sites for hydroxylation is 1. The highest BCUT2D eigenvalue weighted by Gasteiger charge is 2.24. The van der Waals surface area contributed by atoms with Crippen LogP contribution in [-0.2, 0) is 11.8 Å². The molecule has 0 saturated heterocycles. The molecule has 5 heteroatoms. The topological polar surface area (TPSA) is 64.0 Å². The number of anilines is 1. The van der Waals surface area contributed by atoms with Crippen LogP contribution in [0.3, 0.4) is 0 Å². The predicted octanol–water partition coefficient (Wildman–Crippen LogP) is 2.73. The number of hydrogen-bond donors (Lipinski definition) is 1. The highest BCUT2D eigenvalue weighted by Crippen LogP contribution is 2.33. The zero-order valence-corrected chi connectivity index (χ0v) is 13.3. The van der Waals surface area contributed by atoms with E-state index < -0.39 is 0 Å². The zero-order valence-electron chi connectivity index (χ0n) is 13.3. The number of benzene rings is 2. The first-order chi connectivity index (χ1) is 11.5. The van der Waals surface area contributed by atoms with Crippen LogP contribution in [0.2, 0.25) is 0 Å². The first kappa shape index (κ1) is 14.4. The van der Waals surface area contributed by atoms with E-state index in [9.17, 15) is 9.59 Å². The molecule has 0 spiro atoms. The molecule has 4 rings (SSSR count). The smallest absolute Gasteiger partial charge is 0.261 e. The fraction of sp³-hybridized carbons (Fsp3) is 0.105. The summed E-state index contributed by atoms with van der Waals surface area (Å²) in [4.78, 5) is 29.3. The van der Waals surface area contributed by atoms with Crippen molar-refractivity contribution >= 4 is 34.1 Å². The third-order valence-electron chi connectivity index (χ3n) is 4.25. The molecule has 0 atom stereocenters. The second kappa shape index (κ2) is 5.16. The molecular formula is C19H15N3O2. The molecule has 5 nitrogen and oxygen atoms in total. The van der Waals surface area contributed by atoms with Gasteiger partial charge in [0.25, 0.3) is 11.5 Å². The zero-order chi connectivity index (χ0) is 16.8. The number of nitrogens with zero attached hydrogens (tertiary/aromatic N) is 2. The van der Waals surface area contributed by atoms with E-state index in [-0.39, 0.29) is 11.5 Å². The minimum Gasteiger partial charge on any atom is -0.321 e. The predicted molar refractivity (Wildman–Crippen MR) is 94.7 cm³/mol. The van der Waals surface area contributed by atoms with Crippen LogP contribution < -0.4 is 10.9 Å². The molecule has 0 fully saturated rings. The molecule has 2 aromatic carbocycles. The van der Waals surface area contributed by atoms with Crippen molar-refractivity contribution in [2.75, 3.05) is 5.32 Å². The van der Waals surface area contributed by atoms with E-state index in [0.717, 1.165) is 16.8 Å². The SMILES string of the molecule is Cc1ccc2c(c1)/C(=C/c1nc3ccccc3c(=O)n1C)C(=O)N2. The van der Waals surface area contributed by atoms with Gasteiger partial charge in [0, 0.05) is 18.3 Å². The van der Waals surface area contributed by atoms with Crippen molar-refractivity contribution < 1.29 is 4.79 Å². The van der Waals surface area contributed by atoms with E-state index in [1.165, 1.54) is 4.57 Å². The Balaban J connectivity index is 1.96. The third-order valence-corrected chi connectivity index (χ3v) is 4.25. The van der Waals surface area contributed by atoms with Crippen LogP contribution in [0.25, 0.3) is 22.6 Å². The molecule has 1 amide bonds. The Morgan fingerprint density at radius 2 is 1.92 bits per heavy atom. The van der Waals surface area contributed by atoms with Gasteiger partial charge < -0.3 is 5.32 Å². The quantitative estimate of drug-likeness (QED) is 0.702. The second-order valence-electron chi connectivity index (χ2n) is 5.91. The summed E-state index contributed by atoms with van der Waals surface area (Å²) < 4.78 is 1.47. The van der Waals surface area contributed by atoms with E-state index in [1.54, 1.807) is 25.3 Å². The fourth-order valence-corrected chi connectivity index (χ4v) is 2.94. The Morgan fingerprint density at radius 1 is 1.12 bits per heavy atom. The van der Waals surface area contributed by atoms with Gasteiger partial charge in [-0.3, -0.25) is 14.2 Å². The lowest BCUT2D eigenvalue weighted by Gasteiger charge is -2.07. The monoisotopic (exact) mass is 317 g/mol. The maximum absolute atomic E-state index is 12.5. The number of rotatable bonds is 1. The van der Waals surface area contributed by atoms with Gasteiger partial charge in [-0.2, -0.15) is 0 Å². The summed E-state index contributed by atoms with van der Waals surface area (Å²) in [5.74, 6) is 0.274. The van der Waals surface area contributed by atoms with Gasteiger partial charge in [-0.15, -0.1) is 0 Å². The molecule has 118 valence electrons.